The summed E-state index contributed by atoms with van der Waals surface area (Å²) < 4.78 is 0. The van der Waals surface area contributed by atoms with Crippen LogP contribution in [0.15, 0.2) is 5.38 Å². The number of rotatable bonds is 4. The van der Waals surface area contributed by atoms with E-state index in [0.717, 1.165) is 19.6 Å². The average molecular weight is 310 g/mol. The van der Waals surface area contributed by atoms with E-state index >= 15 is 0 Å². The van der Waals surface area contributed by atoms with Crippen LogP contribution in [0.2, 0.25) is 0 Å². The maximum Gasteiger partial charge on any atom is 0.107 e. The predicted molar refractivity (Wildman–Crippen MR) is 92.0 cm³/mol. The topological polar surface area (TPSA) is 28.2 Å². The molecule has 1 aliphatic heterocycles. The molecule has 1 aromatic rings. The van der Waals surface area contributed by atoms with Gasteiger partial charge in [-0.25, -0.2) is 4.98 Å². The fourth-order valence-corrected chi connectivity index (χ4v) is 3.92. The van der Waals surface area contributed by atoms with Gasteiger partial charge in [0.1, 0.15) is 5.01 Å². The zero-order valence-corrected chi connectivity index (χ0v) is 15.1. The highest BCUT2D eigenvalue weighted by Gasteiger charge is 2.24. The van der Waals surface area contributed by atoms with Crippen LogP contribution in [0.25, 0.3) is 0 Å². The number of hydrogen-bond acceptors (Lipinski definition) is 4. The molecule has 3 nitrogen and oxygen atoms in total. The van der Waals surface area contributed by atoms with Crippen molar-refractivity contribution in [1.82, 2.24) is 15.2 Å². The molecular weight excluding hydrogens is 278 g/mol. The van der Waals surface area contributed by atoms with Gasteiger partial charge in [-0.2, -0.15) is 0 Å². The first-order chi connectivity index (χ1) is 9.90. The highest BCUT2D eigenvalue weighted by molar-refractivity contribution is 7.09. The van der Waals surface area contributed by atoms with Crippen molar-refractivity contribution in [3.63, 3.8) is 0 Å². The summed E-state index contributed by atoms with van der Waals surface area (Å²) in [7, 11) is 0. The number of nitrogens with one attached hydrogen (secondary N) is 1. The molecule has 0 aromatic carbocycles. The van der Waals surface area contributed by atoms with Gasteiger partial charge in [0.05, 0.1) is 12.2 Å². The van der Waals surface area contributed by atoms with Crippen LogP contribution < -0.4 is 5.32 Å². The average Bonchev–Trinajstić information content (AvgIpc) is 2.79. The van der Waals surface area contributed by atoms with Crippen molar-refractivity contribution in [3.8, 4) is 0 Å². The largest absolute Gasteiger partial charge is 0.313 e. The normalized spacial score (nSPS) is 25.0. The highest BCUT2D eigenvalue weighted by atomic mass is 32.1. The van der Waals surface area contributed by atoms with Crippen LogP contribution in [0.5, 0.6) is 0 Å². The molecule has 2 atom stereocenters. The molecule has 2 heterocycles. The van der Waals surface area contributed by atoms with Gasteiger partial charge in [-0.15, -0.1) is 11.3 Å². The van der Waals surface area contributed by atoms with Crippen molar-refractivity contribution < 1.29 is 0 Å². The Morgan fingerprint density at radius 3 is 2.81 bits per heavy atom. The van der Waals surface area contributed by atoms with Gasteiger partial charge in [-0.05, 0) is 26.3 Å². The van der Waals surface area contributed by atoms with Gasteiger partial charge < -0.3 is 5.32 Å². The molecule has 1 fully saturated rings. The fourth-order valence-electron chi connectivity index (χ4n) is 2.87. The molecule has 0 spiro atoms. The van der Waals surface area contributed by atoms with E-state index in [2.05, 4.69) is 50.2 Å². The van der Waals surface area contributed by atoms with E-state index in [1.807, 2.05) is 11.3 Å². The summed E-state index contributed by atoms with van der Waals surface area (Å²) in [6, 6.07) is 1.28. The molecule has 1 saturated heterocycles. The third-order valence-corrected chi connectivity index (χ3v) is 5.20. The summed E-state index contributed by atoms with van der Waals surface area (Å²) in [4.78, 5) is 7.48. The lowest BCUT2D eigenvalue weighted by molar-refractivity contribution is 0.193. The Morgan fingerprint density at radius 2 is 2.19 bits per heavy atom. The van der Waals surface area contributed by atoms with Gasteiger partial charge in [-0.3, -0.25) is 4.90 Å². The fraction of sp³-hybridized carbons (Fsp3) is 0.824. The van der Waals surface area contributed by atoms with Crippen molar-refractivity contribution in [2.45, 2.75) is 77.9 Å². The van der Waals surface area contributed by atoms with Crippen LogP contribution in [-0.4, -0.2) is 35.1 Å². The van der Waals surface area contributed by atoms with Gasteiger partial charge >= 0.3 is 0 Å². The summed E-state index contributed by atoms with van der Waals surface area (Å²) in [6.45, 7) is 14.6. The van der Waals surface area contributed by atoms with Crippen LogP contribution in [-0.2, 0) is 12.0 Å². The summed E-state index contributed by atoms with van der Waals surface area (Å²) >= 11 is 1.82. The number of aromatic nitrogens is 1. The lowest BCUT2D eigenvalue weighted by atomic mass is 9.93. The van der Waals surface area contributed by atoms with Crippen molar-refractivity contribution in [3.05, 3.63) is 16.1 Å². The third-order valence-electron chi connectivity index (χ3n) is 4.37. The number of nitrogens with zero attached hydrogens (tertiary/aromatic N) is 2. The second-order valence-electron chi connectivity index (χ2n) is 7.38. The minimum absolute atomic E-state index is 0.158. The molecule has 4 heteroatoms. The smallest absolute Gasteiger partial charge is 0.107 e. The van der Waals surface area contributed by atoms with E-state index in [-0.39, 0.29) is 5.41 Å². The Kier molecular flexibility index (Phi) is 5.81. The molecule has 0 aliphatic carbocycles. The van der Waals surface area contributed by atoms with E-state index < -0.39 is 0 Å². The Bertz CT molecular complexity index is 435. The molecule has 2 rings (SSSR count). The van der Waals surface area contributed by atoms with Gasteiger partial charge in [0.2, 0.25) is 0 Å². The molecule has 120 valence electrons. The lowest BCUT2D eigenvalue weighted by Crippen LogP contribution is -2.39. The van der Waals surface area contributed by atoms with Crippen molar-refractivity contribution in [2.24, 2.45) is 0 Å². The summed E-state index contributed by atoms with van der Waals surface area (Å²) in [5.41, 5.74) is 1.39. The van der Waals surface area contributed by atoms with Crippen LogP contribution in [0.4, 0.5) is 0 Å². The van der Waals surface area contributed by atoms with E-state index in [0.29, 0.717) is 12.1 Å². The van der Waals surface area contributed by atoms with Gasteiger partial charge in [0.25, 0.3) is 0 Å². The Hall–Kier alpha value is -0.450. The van der Waals surface area contributed by atoms with Gasteiger partial charge in [0.15, 0.2) is 0 Å². The first-order valence-corrected chi connectivity index (χ1v) is 9.20. The Labute approximate surface area is 134 Å². The van der Waals surface area contributed by atoms with Crippen molar-refractivity contribution >= 4 is 11.3 Å². The summed E-state index contributed by atoms with van der Waals surface area (Å²) in [6.07, 6.45) is 3.76. The first-order valence-electron chi connectivity index (χ1n) is 8.32. The van der Waals surface area contributed by atoms with E-state index in [4.69, 9.17) is 4.98 Å². The monoisotopic (exact) mass is 309 g/mol. The molecule has 0 radical (unpaired) electrons. The van der Waals surface area contributed by atoms with Crippen LogP contribution in [0.3, 0.4) is 0 Å². The van der Waals surface area contributed by atoms with E-state index in [1.54, 1.807) is 0 Å². The molecule has 0 bridgehead atoms. The molecule has 0 amide bonds. The van der Waals surface area contributed by atoms with Crippen molar-refractivity contribution in [2.75, 3.05) is 13.1 Å². The highest BCUT2D eigenvalue weighted by Crippen LogP contribution is 2.25. The van der Waals surface area contributed by atoms with Crippen LogP contribution in [0.1, 0.15) is 64.6 Å². The molecule has 2 unspecified atom stereocenters. The second kappa shape index (κ2) is 7.21. The SMILES string of the molecule is CCCC1CN(Cc2nc(C(C)(C)C)cs2)C(C)CCN1. The zero-order chi connectivity index (χ0) is 15.5. The first kappa shape index (κ1) is 16.9. The minimum atomic E-state index is 0.158. The number of hydrogen-bond donors (Lipinski definition) is 1. The maximum absolute atomic E-state index is 4.87. The van der Waals surface area contributed by atoms with Crippen LogP contribution in [0, 0.1) is 0 Å². The summed E-state index contributed by atoms with van der Waals surface area (Å²) in [5, 5.41) is 7.20. The van der Waals surface area contributed by atoms with E-state index in [1.165, 1.54) is 30.0 Å². The predicted octanol–water partition coefficient (Wildman–Crippen LogP) is 3.79. The second-order valence-corrected chi connectivity index (χ2v) is 8.33. The van der Waals surface area contributed by atoms with Crippen molar-refractivity contribution in [1.29, 1.82) is 0 Å². The lowest BCUT2D eigenvalue weighted by Gasteiger charge is -2.28. The molecule has 0 saturated carbocycles. The van der Waals surface area contributed by atoms with Crippen LogP contribution >= 0.6 is 11.3 Å². The third kappa shape index (κ3) is 4.76. The molecule has 1 aromatic heterocycles. The van der Waals surface area contributed by atoms with Gasteiger partial charge in [0, 0.05) is 29.4 Å². The summed E-state index contributed by atoms with van der Waals surface area (Å²) in [5.74, 6) is 0. The molecular formula is C17H31N3S. The maximum atomic E-state index is 4.87. The van der Waals surface area contributed by atoms with Gasteiger partial charge in [-0.1, -0.05) is 34.1 Å². The zero-order valence-electron chi connectivity index (χ0n) is 14.3. The Balaban J connectivity index is 2.03. The molecule has 1 N–H and O–H groups in total. The molecule has 1 aliphatic rings. The number of thiazole rings is 1. The Morgan fingerprint density at radius 1 is 1.43 bits per heavy atom. The quantitative estimate of drug-likeness (QED) is 0.917. The molecule has 21 heavy (non-hydrogen) atoms. The van der Waals surface area contributed by atoms with E-state index in [9.17, 15) is 0 Å². The minimum Gasteiger partial charge on any atom is -0.313 e. The standard InChI is InChI=1S/C17H31N3S/c1-6-7-14-10-20(13(2)8-9-18-14)11-16-19-15(12-21-16)17(3,4)5/h12-14,18H,6-11H2,1-5H3.